The molecule has 7 heteroatoms. The third kappa shape index (κ3) is 3.41. The van der Waals surface area contributed by atoms with Gasteiger partial charge in [-0.1, -0.05) is 29.5 Å². The Bertz CT molecular complexity index is 863. The van der Waals surface area contributed by atoms with E-state index in [1.54, 1.807) is 26.4 Å². The van der Waals surface area contributed by atoms with Crippen LogP contribution in [0.1, 0.15) is 0 Å². The number of nitrogens with zero attached hydrogens (tertiary/aromatic N) is 1. The number of nitrogens with one attached hydrogen (secondary N) is 1. The molecule has 124 valence electrons. The van der Waals surface area contributed by atoms with Crippen molar-refractivity contribution in [2.75, 3.05) is 26.1 Å². The molecule has 0 aliphatic heterocycles. The molecule has 24 heavy (non-hydrogen) atoms. The molecule has 1 heterocycles. The molecule has 1 amide bonds. The van der Waals surface area contributed by atoms with Crippen molar-refractivity contribution in [3.8, 4) is 17.2 Å². The van der Waals surface area contributed by atoms with Crippen LogP contribution in [0.15, 0.2) is 42.5 Å². The highest BCUT2D eigenvalue weighted by atomic mass is 32.1. The third-order valence-corrected chi connectivity index (χ3v) is 4.21. The summed E-state index contributed by atoms with van der Waals surface area (Å²) in [5, 5.41) is 3.24. The number of benzene rings is 2. The van der Waals surface area contributed by atoms with Crippen LogP contribution < -0.4 is 19.5 Å². The van der Waals surface area contributed by atoms with Crippen molar-refractivity contribution < 1.29 is 19.0 Å². The van der Waals surface area contributed by atoms with E-state index in [0.29, 0.717) is 22.4 Å². The van der Waals surface area contributed by atoms with E-state index in [0.717, 1.165) is 10.2 Å². The van der Waals surface area contributed by atoms with Gasteiger partial charge in [0.05, 0.1) is 18.9 Å². The molecule has 0 spiro atoms. The predicted molar refractivity (Wildman–Crippen MR) is 93.3 cm³/mol. The van der Waals surface area contributed by atoms with Crippen molar-refractivity contribution in [1.29, 1.82) is 0 Å². The van der Waals surface area contributed by atoms with Crippen LogP contribution in [-0.4, -0.2) is 31.7 Å². The van der Waals surface area contributed by atoms with E-state index in [-0.39, 0.29) is 12.5 Å². The molecule has 0 radical (unpaired) electrons. The summed E-state index contributed by atoms with van der Waals surface area (Å²) in [6, 6.07) is 12.8. The maximum atomic E-state index is 12.1. The van der Waals surface area contributed by atoms with E-state index in [1.807, 2.05) is 30.3 Å². The van der Waals surface area contributed by atoms with Crippen molar-refractivity contribution in [2.45, 2.75) is 0 Å². The number of hydrogen-bond donors (Lipinski definition) is 1. The highest BCUT2D eigenvalue weighted by Crippen LogP contribution is 2.32. The summed E-state index contributed by atoms with van der Waals surface area (Å²) in [7, 11) is 3.14. The molecule has 0 saturated carbocycles. The van der Waals surface area contributed by atoms with Gasteiger partial charge in [-0.25, -0.2) is 4.98 Å². The van der Waals surface area contributed by atoms with E-state index in [4.69, 9.17) is 14.2 Å². The number of rotatable bonds is 6. The van der Waals surface area contributed by atoms with E-state index in [9.17, 15) is 4.79 Å². The number of ether oxygens (including phenoxy) is 3. The Labute approximate surface area is 143 Å². The van der Waals surface area contributed by atoms with Crippen molar-refractivity contribution >= 4 is 32.6 Å². The first kappa shape index (κ1) is 16.1. The maximum absolute atomic E-state index is 12.1. The summed E-state index contributed by atoms with van der Waals surface area (Å²) in [5.41, 5.74) is 0.728. The lowest BCUT2D eigenvalue weighted by Crippen LogP contribution is -2.20. The van der Waals surface area contributed by atoms with Crippen LogP contribution in [-0.2, 0) is 4.79 Å². The Kier molecular flexibility index (Phi) is 4.81. The highest BCUT2D eigenvalue weighted by molar-refractivity contribution is 7.22. The molecule has 0 fully saturated rings. The monoisotopic (exact) mass is 344 g/mol. The van der Waals surface area contributed by atoms with Crippen LogP contribution in [0.5, 0.6) is 17.2 Å². The van der Waals surface area contributed by atoms with Crippen LogP contribution in [0.3, 0.4) is 0 Å². The number of methoxy groups -OCH3 is 2. The van der Waals surface area contributed by atoms with Crippen molar-refractivity contribution in [3.05, 3.63) is 42.5 Å². The van der Waals surface area contributed by atoms with Gasteiger partial charge in [-0.15, -0.1) is 0 Å². The van der Waals surface area contributed by atoms with Gasteiger partial charge in [0.25, 0.3) is 5.91 Å². The minimum absolute atomic E-state index is 0.132. The third-order valence-electron chi connectivity index (χ3n) is 3.28. The minimum atomic E-state index is -0.293. The molecule has 0 bridgehead atoms. The smallest absolute Gasteiger partial charge is 0.264 e. The molecule has 3 aromatic rings. The van der Waals surface area contributed by atoms with Gasteiger partial charge in [0.15, 0.2) is 23.2 Å². The van der Waals surface area contributed by atoms with Gasteiger partial charge in [0.1, 0.15) is 11.3 Å². The number of thiazole rings is 1. The second-order valence-electron chi connectivity index (χ2n) is 4.81. The molecule has 6 nitrogen and oxygen atoms in total. The van der Waals surface area contributed by atoms with Gasteiger partial charge in [-0.2, -0.15) is 0 Å². The maximum Gasteiger partial charge on any atom is 0.264 e. The molecular weight excluding hydrogens is 328 g/mol. The number of hydrogen-bond acceptors (Lipinski definition) is 6. The molecule has 1 N–H and O–H groups in total. The Morgan fingerprint density at radius 1 is 1.04 bits per heavy atom. The lowest BCUT2D eigenvalue weighted by Gasteiger charge is -2.09. The number of carbonyl (C=O) groups excluding carboxylic acids is 1. The Morgan fingerprint density at radius 2 is 1.75 bits per heavy atom. The number of carbonyl (C=O) groups is 1. The van der Waals surface area contributed by atoms with Crippen molar-refractivity contribution in [3.63, 3.8) is 0 Å². The molecule has 0 unspecified atom stereocenters. The van der Waals surface area contributed by atoms with Crippen LogP contribution in [0.4, 0.5) is 5.13 Å². The zero-order chi connectivity index (χ0) is 16.9. The Balaban J connectivity index is 1.67. The summed E-state index contributed by atoms with van der Waals surface area (Å²) in [4.78, 5) is 16.5. The molecule has 0 atom stereocenters. The molecule has 0 aliphatic carbocycles. The Hall–Kier alpha value is -2.80. The quantitative estimate of drug-likeness (QED) is 0.743. The molecule has 0 aliphatic rings. The van der Waals surface area contributed by atoms with E-state index < -0.39 is 0 Å². The lowest BCUT2D eigenvalue weighted by molar-refractivity contribution is -0.118. The first-order chi connectivity index (χ1) is 11.7. The first-order valence-corrected chi connectivity index (χ1v) is 8.02. The molecular formula is C17H16N2O4S. The van der Waals surface area contributed by atoms with Gasteiger partial charge in [-0.05, 0) is 24.3 Å². The highest BCUT2D eigenvalue weighted by Gasteiger charge is 2.12. The Morgan fingerprint density at radius 3 is 2.50 bits per heavy atom. The second-order valence-corrected chi connectivity index (χ2v) is 5.84. The number of amides is 1. The standard InChI is InChI=1S/C17H16N2O4S/c1-21-11-6-3-4-7-12(11)23-10-15(20)18-17-19-16-13(22-2)8-5-9-14(16)24-17/h3-9H,10H2,1-2H3,(H,18,19,20). The van der Waals surface area contributed by atoms with Crippen molar-refractivity contribution in [1.82, 2.24) is 4.98 Å². The van der Waals surface area contributed by atoms with Gasteiger partial charge in [0, 0.05) is 0 Å². The fourth-order valence-corrected chi connectivity index (χ4v) is 3.08. The summed E-state index contributed by atoms with van der Waals surface area (Å²) in [6.45, 7) is -0.132. The van der Waals surface area contributed by atoms with Gasteiger partial charge in [0.2, 0.25) is 0 Å². The number of fused-ring (bicyclic) bond motifs is 1. The summed E-state index contributed by atoms with van der Waals surface area (Å²) in [5.74, 6) is 1.48. The van der Waals surface area contributed by atoms with Crippen LogP contribution in [0.2, 0.25) is 0 Å². The lowest BCUT2D eigenvalue weighted by atomic mass is 10.3. The number of anilines is 1. The second kappa shape index (κ2) is 7.18. The van der Waals surface area contributed by atoms with Crippen LogP contribution in [0.25, 0.3) is 10.2 Å². The van der Waals surface area contributed by atoms with Crippen LogP contribution in [0, 0.1) is 0 Å². The molecule has 3 rings (SSSR count). The zero-order valence-electron chi connectivity index (χ0n) is 13.2. The SMILES string of the molecule is COc1ccccc1OCC(=O)Nc1nc2c(OC)cccc2s1. The van der Waals surface area contributed by atoms with Gasteiger partial charge in [-0.3, -0.25) is 10.1 Å². The van der Waals surface area contributed by atoms with Crippen molar-refractivity contribution in [2.24, 2.45) is 0 Å². The van der Waals surface area contributed by atoms with Crippen LogP contribution >= 0.6 is 11.3 Å². The number of aromatic nitrogens is 1. The van der Waals surface area contributed by atoms with Gasteiger partial charge >= 0.3 is 0 Å². The first-order valence-electron chi connectivity index (χ1n) is 7.20. The van der Waals surface area contributed by atoms with E-state index in [1.165, 1.54) is 11.3 Å². The average molecular weight is 344 g/mol. The summed E-state index contributed by atoms with van der Waals surface area (Å²) < 4.78 is 16.9. The fourth-order valence-electron chi connectivity index (χ4n) is 2.18. The molecule has 1 aromatic heterocycles. The summed E-state index contributed by atoms with van der Waals surface area (Å²) in [6.07, 6.45) is 0. The average Bonchev–Trinajstić information content (AvgIpc) is 3.02. The molecule has 0 saturated heterocycles. The zero-order valence-corrected chi connectivity index (χ0v) is 14.1. The summed E-state index contributed by atoms with van der Waals surface area (Å²) >= 11 is 1.38. The van der Waals surface area contributed by atoms with Gasteiger partial charge < -0.3 is 14.2 Å². The van der Waals surface area contributed by atoms with E-state index >= 15 is 0 Å². The molecule has 2 aromatic carbocycles. The topological polar surface area (TPSA) is 69.7 Å². The predicted octanol–water partition coefficient (Wildman–Crippen LogP) is 3.33. The number of para-hydroxylation sites is 3. The largest absolute Gasteiger partial charge is 0.494 e. The minimum Gasteiger partial charge on any atom is -0.494 e. The normalized spacial score (nSPS) is 10.4. The van der Waals surface area contributed by atoms with E-state index in [2.05, 4.69) is 10.3 Å². The fraction of sp³-hybridized carbons (Fsp3) is 0.176.